The van der Waals surface area contributed by atoms with Crippen LogP contribution in [0.25, 0.3) is 5.65 Å². The monoisotopic (exact) mass is 405 g/mol. The number of halogens is 1. The third kappa shape index (κ3) is 4.25. The summed E-state index contributed by atoms with van der Waals surface area (Å²) in [5.41, 5.74) is 5.08. The Balaban J connectivity index is 1.41. The first-order chi connectivity index (χ1) is 14.0. The van der Waals surface area contributed by atoms with Crippen molar-refractivity contribution in [3.05, 3.63) is 94.4 Å². The molecule has 2 aromatic heterocycles. The van der Waals surface area contributed by atoms with E-state index in [1.807, 2.05) is 48.8 Å². The third-order valence-corrected chi connectivity index (χ3v) is 4.91. The number of hydrogen-bond acceptors (Lipinski definition) is 3. The topological polar surface area (TPSA) is 55.6 Å². The molecule has 0 spiro atoms. The van der Waals surface area contributed by atoms with Crippen LogP contribution in [0.2, 0.25) is 5.02 Å². The second kappa shape index (κ2) is 7.97. The van der Waals surface area contributed by atoms with E-state index in [9.17, 15) is 4.79 Å². The molecule has 2 heterocycles. The first-order valence-corrected chi connectivity index (χ1v) is 9.61. The van der Waals surface area contributed by atoms with Gasteiger partial charge in [0, 0.05) is 28.7 Å². The maximum Gasteiger partial charge on any atom is 0.255 e. The molecule has 0 bridgehead atoms. The number of nitrogens with zero attached hydrogens (tertiary/aromatic N) is 2. The van der Waals surface area contributed by atoms with Crippen molar-refractivity contribution in [1.29, 1.82) is 0 Å². The first-order valence-electron chi connectivity index (χ1n) is 9.23. The van der Waals surface area contributed by atoms with Gasteiger partial charge in [-0.25, -0.2) is 4.98 Å². The molecule has 0 unspecified atom stereocenters. The van der Waals surface area contributed by atoms with Gasteiger partial charge in [-0.3, -0.25) is 4.79 Å². The SMILES string of the molecule is Cc1ccc(Cl)cc1NC(=O)c1ccc(OCc2cn3cccc(C)c3n2)cc1. The predicted octanol–water partition coefficient (Wildman–Crippen LogP) is 5.44. The van der Waals surface area contributed by atoms with Crippen LogP contribution in [0.15, 0.2) is 67.0 Å². The summed E-state index contributed by atoms with van der Waals surface area (Å²) in [4.78, 5) is 17.1. The van der Waals surface area contributed by atoms with Gasteiger partial charge in [0.2, 0.25) is 0 Å². The summed E-state index contributed by atoms with van der Waals surface area (Å²) >= 11 is 6.01. The molecule has 0 atom stereocenters. The largest absolute Gasteiger partial charge is 0.487 e. The zero-order valence-electron chi connectivity index (χ0n) is 16.1. The highest BCUT2D eigenvalue weighted by Crippen LogP contribution is 2.22. The molecular weight excluding hydrogens is 386 g/mol. The van der Waals surface area contributed by atoms with Crippen molar-refractivity contribution >= 4 is 28.8 Å². The summed E-state index contributed by atoms with van der Waals surface area (Å²) in [7, 11) is 0. The minimum atomic E-state index is -0.197. The Labute approximate surface area is 173 Å². The van der Waals surface area contributed by atoms with Gasteiger partial charge < -0.3 is 14.5 Å². The highest BCUT2D eigenvalue weighted by molar-refractivity contribution is 6.31. The number of anilines is 1. The van der Waals surface area contributed by atoms with Crippen LogP contribution >= 0.6 is 11.6 Å². The molecule has 1 N–H and O–H groups in total. The fraction of sp³-hybridized carbons (Fsp3) is 0.130. The number of aryl methyl sites for hydroxylation is 2. The predicted molar refractivity (Wildman–Crippen MR) is 115 cm³/mol. The lowest BCUT2D eigenvalue weighted by Crippen LogP contribution is -2.12. The smallest absolute Gasteiger partial charge is 0.255 e. The number of benzene rings is 2. The summed E-state index contributed by atoms with van der Waals surface area (Å²) in [6.45, 7) is 4.31. The summed E-state index contributed by atoms with van der Waals surface area (Å²) < 4.78 is 7.81. The molecule has 4 aromatic rings. The molecule has 4 rings (SSSR count). The minimum absolute atomic E-state index is 0.197. The zero-order valence-corrected chi connectivity index (χ0v) is 16.9. The zero-order chi connectivity index (χ0) is 20.4. The molecule has 146 valence electrons. The molecule has 0 saturated carbocycles. The molecule has 6 heteroatoms. The van der Waals surface area contributed by atoms with Crippen LogP contribution in [0.3, 0.4) is 0 Å². The van der Waals surface area contributed by atoms with E-state index < -0.39 is 0 Å². The molecule has 0 aliphatic carbocycles. The van der Waals surface area contributed by atoms with Gasteiger partial charge in [0.25, 0.3) is 5.91 Å². The molecule has 0 aliphatic rings. The van der Waals surface area contributed by atoms with E-state index in [0.717, 1.165) is 22.5 Å². The Morgan fingerprint density at radius 1 is 1.10 bits per heavy atom. The van der Waals surface area contributed by atoms with Crippen LogP contribution in [0.4, 0.5) is 5.69 Å². The van der Waals surface area contributed by atoms with Gasteiger partial charge in [-0.1, -0.05) is 23.7 Å². The normalized spacial score (nSPS) is 10.9. The van der Waals surface area contributed by atoms with Crippen LogP contribution < -0.4 is 10.1 Å². The Hall–Kier alpha value is -3.31. The van der Waals surface area contributed by atoms with Crippen molar-refractivity contribution in [1.82, 2.24) is 9.38 Å². The van der Waals surface area contributed by atoms with Gasteiger partial charge in [-0.2, -0.15) is 0 Å². The highest BCUT2D eigenvalue weighted by atomic mass is 35.5. The average molecular weight is 406 g/mol. The average Bonchev–Trinajstić information content (AvgIpc) is 3.14. The second-order valence-electron chi connectivity index (χ2n) is 6.88. The fourth-order valence-corrected chi connectivity index (χ4v) is 3.23. The van der Waals surface area contributed by atoms with Crippen LogP contribution in [0, 0.1) is 13.8 Å². The maximum absolute atomic E-state index is 12.5. The quantitative estimate of drug-likeness (QED) is 0.481. The molecule has 0 fully saturated rings. The Kier molecular flexibility index (Phi) is 5.23. The third-order valence-electron chi connectivity index (χ3n) is 4.68. The number of imidazole rings is 1. The van der Waals surface area contributed by atoms with Crippen LogP contribution in [-0.4, -0.2) is 15.3 Å². The molecule has 0 aliphatic heterocycles. The lowest BCUT2D eigenvalue weighted by Gasteiger charge is -2.09. The van der Waals surface area contributed by atoms with Gasteiger partial charge in [0.15, 0.2) is 0 Å². The maximum atomic E-state index is 12.5. The van der Waals surface area contributed by atoms with Gasteiger partial charge in [-0.05, 0) is 67.4 Å². The van der Waals surface area contributed by atoms with Crippen LogP contribution in [-0.2, 0) is 6.61 Å². The first kappa shape index (κ1) is 19.0. The number of nitrogens with one attached hydrogen (secondary N) is 1. The number of carbonyl (C=O) groups excluding carboxylic acids is 1. The van der Waals surface area contributed by atoms with Gasteiger partial charge >= 0.3 is 0 Å². The van der Waals surface area contributed by atoms with Crippen LogP contribution in [0.1, 0.15) is 27.2 Å². The number of pyridine rings is 1. The summed E-state index contributed by atoms with van der Waals surface area (Å²) in [5.74, 6) is 0.479. The molecular formula is C23H20ClN3O2. The van der Waals surface area contributed by atoms with Gasteiger partial charge in [0.1, 0.15) is 18.0 Å². The molecule has 5 nitrogen and oxygen atoms in total. The van der Waals surface area contributed by atoms with Gasteiger partial charge in [0.05, 0.1) is 5.69 Å². The van der Waals surface area contributed by atoms with Crippen molar-refractivity contribution in [2.24, 2.45) is 0 Å². The number of aromatic nitrogens is 2. The lowest BCUT2D eigenvalue weighted by molar-refractivity contribution is 0.102. The Morgan fingerprint density at radius 2 is 1.90 bits per heavy atom. The molecule has 2 aromatic carbocycles. The summed E-state index contributed by atoms with van der Waals surface area (Å²) in [5, 5.41) is 3.47. The van der Waals surface area contributed by atoms with E-state index in [1.165, 1.54) is 0 Å². The summed E-state index contributed by atoms with van der Waals surface area (Å²) in [6.07, 6.45) is 3.92. The minimum Gasteiger partial charge on any atom is -0.487 e. The Morgan fingerprint density at radius 3 is 2.66 bits per heavy atom. The standard InChI is InChI=1S/C23H20ClN3O2/c1-15-5-8-18(24)12-21(15)26-23(28)17-6-9-20(10-7-17)29-14-19-13-27-11-3-4-16(2)22(27)25-19/h3-13H,14H2,1-2H3,(H,26,28). The van der Waals surface area contributed by atoms with E-state index in [0.29, 0.717) is 28.6 Å². The summed E-state index contributed by atoms with van der Waals surface area (Å²) in [6, 6.07) is 16.4. The van der Waals surface area contributed by atoms with Crippen molar-refractivity contribution < 1.29 is 9.53 Å². The van der Waals surface area contributed by atoms with E-state index in [-0.39, 0.29) is 5.91 Å². The number of ether oxygens (including phenoxy) is 1. The second-order valence-corrected chi connectivity index (χ2v) is 7.32. The van der Waals surface area contributed by atoms with Crippen LogP contribution in [0.5, 0.6) is 5.75 Å². The molecule has 29 heavy (non-hydrogen) atoms. The molecule has 0 radical (unpaired) electrons. The lowest BCUT2D eigenvalue weighted by atomic mass is 10.1. The van der Waals surface area contributed by atoms with Crippen molar-refractivity contribution in [3.63, 3.8) is 0 Å². The van der Waals surface area contributed by atoms with Crippen molar-refractivity contribution in [3.8, 4) is 5.75 Å². The Bertz CT molecular complexity index is 1180. The fourth-order valence-electron chi connectivity index (χ4n) is 3.06. The molecule has 0 saturated heterocycles. The number of carbonyl (C=O) groups is 1. The number of hydrogen-bond donors (Lipinski definition) is 1. The van der Waals surface area contributed by atoms with E-state index in [1.54, 1.807) is 36.4 Å². The van der Waals surface area contributed by atoms with E-state index in [4.69, 9.17) is 16.3 Å². The molecule has 1 amide bonds. The number of fused-ring (bicyclic) bond motifs is 1. The number of rotatable bonds is 5. The van der Waals surface area contributed by atoms with E-state index >= 15 is 0 Å². The van der Waals surface area contributed by atoms with E-state index in [2.05, 4.69) is 10.3 Å². The van der Waals surface area contributed by atoms with Gasteiger partial charge in [-0.15, -0.1) is 0 Å². The number of amides is 1. The highest BCUT2D eigenvalue weighted by Gasteiger charge is 2.09. The van der Waals surface area contributed by atoms with Crippen molar-refractivity contribution in [2.45, 2.75) is 20.5 Å². The van der Waals surface area contributed by atoms with Crippen molar-refractivity contribution in [2.75, 3.05) is 5.32 Å².